The summed E-state index contributed by atoms with van der Waals surface area (Å²) in [5.41, 5.74) is 2.75. The Bertz CT molecular complexity index is 1110. The summed E-state index contributed by atoms with van der Waals surface area (Å²) in [6.07, 6.45) is 3.38. The Morgan fingerprint density at radius 3 is 2.61 bits per heavy atom. The first-order valence-electron chi connectivity index (χ1n) is 8.38. The monoisotopic (exact) mass is 428 g/mol. The molecule has 4 aromatic rings. The van der Waals surface area contributed by atoms with Gasteiger partial charge in [-0.3, -0.25) is 9.78 Å². The van der Waals surface area contributed by atoms with Crippen molar-refractivity contribution in [2.75, 3.05) is 0 Å². The number of carbonyl (C=O) groups excluding carboxylic acids is 1. The number of hydrogen-bond donors (Lipinski definition) is 1. The number of rotatable bonds is 5. The Hall–Kier alpha value is -2.67. The van der Waals surface area contributed by atoms with Crippen molar-refractivity contribution in [1.82, 2.24) is 20.1 Å². The summed E-state index contributed by atoms with van der Waals surface area (Å²) in [6, 6.07) is 14.5. The van der Waals surface area contributed by atoms with Gasteiger partial charge in [0.25, 0.3) is 5.91 Å². The number of halogens is 2. The average Bonchev–Trinajstić information content (AvgIpc) is 3.39. The number of amides is 1. The van der Waals surface area contributed by atoms with E-state index in [1.54, 1.807) is 52.7 Å². The van der Waals surface area contributed by atoms with Gasteiger partial charge in [-0.15, -0.1) is 11.3 Å². The maximum absolute atomic E-state index is 12.9. The average molecular weight is 429 g/mol. The number of thiophene rings is 1. The molecule has 8 heteroatoms. The van der Waals surface area contributed by atoms with Gasteiger partial charge < -0.3 is 5.32 Å². The van der Waals surface area contributed by atoms with Crippen molar-refractivity contribution in [3.63, 3.8) is 0 Å². The lowest BCUT2D eigenvalue weighted by Gasteiger charge is -2.09. The lowest BCUT2D eigenvalue weighted by Crippen LogP contribution is -2.25. The van der Waals surface area contributed by atoms with Crippen molar-refractivity contribution < 1.29 is 4.79 Å². The molecule has 1 aromatic carbocycles. The molecule has 3 aromatic heterocycles. The van der Waals surface area contributed by atoms with Crippen LogP contribution in [0.2, 0.25) is 10.0 Å². The molecule has 28 heavy (non-hydrogen) atoms. The molecule has 3 heterocycles. The van der Waals surface area contributed by atoms with Crippen LogP contribution in [0.3, 0.4) is 0 Å². The van der Waals surface area contributed by atoms with Crippen LogP contribution in [0.4, 0.5) is 0 Å². The van der Waals surface area contributed by atoms with Crippen LogP contribution in [0.25, 0.3) is 16.3 Å². The van der Waals surface area contributed by atoms with Gasteiger partial charge in [0, 0.05) is 18.9 Å². The summed E-state index contributed by atoms with van der Waals surface area (Å²) in [4.78, 5) is 17.9. The summed E-state index contributed by atoms with van der Waals surface area (Å²) in [5, 5.41) is 10.4. The second-order valence-corrected chi connectivity index (χ2v) is 7.70. The van der Waals surface area contributed by atoms with E-state index in [1.807, 2.05) is 29.6 Å². The van der Waals surface area contributed by atoms with Gasteiger partial charge in [0.05, 0.1) is 20.6 Å². The van der Waals surface area contributed by atoms with Crippen molar-refractivity contribution in [2.24, 2.45) is 0 Å². The fourth-order valence-corrected chi connectivity index (χ4v) is 3.65. The largest absolute Gasteiger partial charge is 0.347 e. The van der Waals surface area contributed by atoms with Crippen molar-refractivity contribution in [2.45, 2.75) is 6.54 Å². The molecule has 5 nitrogen and oxygen atoms in total. The van der Waals surface area contributed by atoms with Crippen LogP contribution in [0.15, 0.2) is 66.3 Å². The molecule has 140 valence electrons. The molecule has 1 amide bonds. The third kappa shape index (κ3) is 3.94. The zero-order valence-corrected chi connectivity index (χ0v) is 16.8. The van der Waals surface area contributed by atoms with Gasteiger partial charge in [0.2, 0.25) is 0 Å². The summed E-state index contributed by atoms with van der Waals surface area (Å²) in [6.45, 7) is 0.391. The molecule has 0 saturated heterocycles. The van der Waals surface area contributed by atoms with Crippen LogP contribution >= 0.6 is 34.5 Å². The van der Waals surface area contributed by atoms with E-state index in [2.05, 4.69) is 15.4 Å². The molecule has 0 bridgehead atoms. The van der Waals surface area contributed by atoms with E-state index in [0.717, 1.165) is 16.1 Å². The Morgan fingerprint density at radius 1 is 1.07 bits per heavy atom. The highest BCUT2D eigenvalue weighted by Gasteiger charge is 2.18. The second kappa shape index (κ2) is 8.14. The lowest BCUT2D eigenvalue weighted by atomic mass is 10.2. The third-order valence-corrected chi connectivity index (χ3v) is 5.70. The van der Waals surface area contributed by atoms with Gasteiger partial charge in [-0.1, -0.05) is 29.3 Å². The number of benzene rings is 1. The van der Waals surface area contributed by atoms with Crippen LogP contribution in [-0.2, 0) is 6.54 Å². The molecule has 0 unspecified atom stereocenters. The van der Waals surface area contributed by atoms with Crippen LogP contribution in [-0.4, -0.2) is 20.7 Å². The summed E-state index contributed by atoms with van der Waals surface area (Å²) in [7, 11) is 0. The highest BCUT2D eigenvalue weighted by molar-refractivity contribution is 7.13. The summed E-state index contributed by atoms with van der Waals surface area (Å²) < 4.78 is 1.58. The van der Waals surface area contributed by atoms with Gasteiger partial charge >= 0.3 is 0 Å². The third-order valence-electron chi connectivity index (χ3n) is 4.07. The first kappa shape index (κ1) is 18.7. The number of carbonyl (C=O) groups is 1. The van der Waals surface area contributed by atoms with E-state index < -0.39 is 0 Å². The van der Waals surface area contributed by atoms with E-state index in [4.69, 9.17) is 23.2 Å². The number of nitrogens with zero attached hydrogens (tertiary/aromatic N) is 3. The number of pyridine rings is 1. The molecule has 0 fully saturated rings. The predicted molar refractivity (Wildman–Crippen MR) is 112 cm³/mol. The van der Waals surface area contributed by atoms with Crippen LogP contribution in [0, 0.1) is 0 Å². The fraction of sp³-hybridized carbons (Fsp3) is 0.0500. The second-order valence-electron chi connectivity index (χ2n) is 5.94. The van der Waals surface area contributed by atoms with Crippen molar-refractivity contribution in [1.29, 1.82) is 0 Å². The van der Waals surface area contributed by atoms with E-state index >= 15 is 0 Å². The highest BCUT2D eigenvalue weighted by Crippen LogP contribution is 2.28. The maximum atomic E-state index is 12.9. The molecular formula is C20H14Cl2N4OS. The van der Waals surface area contributed by atoms with E-state index in [-0.39, 0.29) is 5.91 Å². The van der Waals surface area contributed by atoms with Crippen molar-refractivity contribution >= 4 is 40.4 Å². The minimum absolute atomic E-state index is 0.238. The first-order valence-corrected chi connectivity index (χ1v) is 10.0. The van der Waals surface area contributed by atoms with Crippen LogP contribution in [0.1, 0.15) is 16.1 Å². The molecule has 0 radical (unpaired) electrons. The number of nitrogens with one attached hydrogen (secondary N) is 1. The zero-order valence-electron chi connectivity index (χ0n) is 14.5. The lowest BCUT2D eigenvalue weighted by molar-refractivity contribution is 0.0943. The quantitative estimate of drug-likeness (QED) is 0.473. The molecule has 1 N–H and O–H groups in total. The highest BCUT2D eigenvalue weighted by atomic mass is 35.5. The molecule has 0 aliphatic carbocycles. The van der Waals surface area contributed by atoms with Crippen molar-refractivity contribution in [3.8, 4) is 16.3 Å². The molecule has 0 atom stereocenters. The van der Waals surface area contributed by atoms with Gasteiger partial charge in [-0.05, 0) is 53.4 Å². The minimum atomic E-state index is -0.238. The molecule has 0 spiro atoms. The predicted octanol–water partition coefficient (Wildman–Crippen LogP) is 5.23. The number of aromatic nitrogens is 3. The molecule has 0 saturated carbocycles. The van der Waals surface area contributed by atoms with E-state index in [1.165, 1.54) is 0 Å². The molecular weight excluding hydrogens is 415 g/mol. The van der Waals surface area contributed by atoms with Gasteiger partial charge in [0.15, 0.2) is 0 Å². The minimum Gasteiger partial charge on any atom is -0.347 e. The van der Waals surface area contributed by atoms with E-state index in [9.17, 15) is 4.79 Å². The zero-order chi connectivity index (χ0) is 19.5. The SMILES string of the molecule is O=C(NCc1ccncc1)c1cc(-c2cccs2)nn1-c1ccc(Cl)c(Cl)c1. The summed E-state index contributed by atoms with van der Waals surface area (Å²) >= 11 is 13.8. The molecule has 0 aliphatic rings. The summed E-state index contributed by atoms with van der Waals surface area (Å²) in [5.74, 6) is -0.238. The molecule has 0 aliphatic heterocycles. The van der Waals surface area contributed by atoms with Crippen LogP contribution in [0.5, 0.6) is 0 Å². The van der Waals surface area contributed by atoms with Gasteiger partial charge in [0.1, 0.15) is 11.4 Å². The maximum Gasteiger partial charge on any atom is 0.270 e. The standard InChI is InChI=1S/C20H14Cl2N4OS/c21-15-4-3-14(10-16(15)22)26-18(11-17(25-26)19-2-1-9-28-19)20(27)24-12-13-5-7-23-8-6-13/h1-11H,12H2,(H,24,27). The number of hydrogen-bond acceptors (Lipinski definition) is 4. The van der Waals surface area contributed by atoms with Crippen LogP contribution < -0.4 is 5.32 Å². The Labute approximate surface area is 175 Å². The Morgan fingerprint density at radius 2 is 1.89 bits per heavy atom. The molecule has 4 rings (SSSR count). The van der Waals surface area contributed by atoms with Crippen molar-refractivity contribution in [3.05, 3.63) is 87.6 Å². The normalized spacial score (nSPS) is 10.8. The fourth-order valence-electron chi connectivity index (χ4n) is 2.67. The van der Waals surface area contributed by atoms with Gasteiger partial charge in [-0.25, -0.2) is 4.68 Å². The van der Waals surface area contributed by atoms with Gasteiger partial charge in [-0.2, -0.15) is 5.10 Å². The Balaban J connectivity index is 1.69. The smallest absolute Gasteiger partial charge is 0.270 e. The topological polar surface area (TPSA) is 59.8 Å². The van der Waals surface area contributed by atoms with E-state index in [0.29, 0.717) is 28.0 Å². The first-order chi connectivity index (χ1) is 13.6. The Kier molecular flexibility index (Phi) is 5.43.